The summed E-state index contributed by atoms with van der Waals surface area (Å²) in [6.07, 6.45) is 2.61. The summed E-state index contributed by atoms with van der Waals surface area (Å²) < 4.78 is 25.8. The Bertz CT molecular complexity index is 1770. The Morgan fingerprint density at radius 3 is 2.33 bits per heavy atom. The molecule has 7 heteroatoms. The highest BCUT2D eigenvalue weighted by molar-refractivity contribution is 6.12. The van der Waals surface area contributed by atoms with E-state index in [9.17, 15) is 14.0 Å². The van der Waals surface area contributed by atoms with E-state index in [0.29, 0.717) is 45.8 Å². The van der Waals surface area contributed by atoms with Crippen LogP contribution in [0.5, 0.6) is 5.75 Å². The Labute approximate surface area is 243 Å². The van der Waals surface area contributed by atoms with Crippen LogP contribution in [-0.4, -0.2) is 25.5 Å². The lowest BCUT2D eigenvalue weighted by molar-refractivity contribution is 0.0929. The van der Waals surface area contributed by atoms with Crippen molar-refractivity contribution in [2.45, 2.75) is 31.7 Å². The molecule has 4 aromatic carbocycles. The summed E-state index contributed by atoms with van der Waals surface area (Å²) in [6.45, 7) is 2.55. The minimum atomic E-state index is -0.376. The second-order valence-electron chi connectivity index (χ2n) is 10.6. The van der Waals surface area contributed by atoms with Crippen LogP contribution in [0.3, 0.4) is 0 Å². The highest BCUT2D eigenvalue weighted by Gasteiger charge is 2.45. The van der Waals surface area contributed by atoms with E-state index in [1.54, 1.807) is 31.3 Å². The summed E-state index contributed by atoms with van der Waals surface area (Å²) in [4.78, 5) is 26.6. The zero-order chi connectivity index (χ0) is 29.3. The predicted octanol–water partition coefficient (Wildman–Crippen LogP) is 7.47. The Kier molecular flexibility index (Phi) is 7.25. The van der Waals surface area contributed by atoms with Crippen LogP contribution >= 0.6 is 0 Å². The first-order valence-electron chi connectivity index (χ1n) is 14.1. The molecule has 1 aromatic heterocycles. The molecule has 1 aliphatic rings. The second-order valence-corrected chi connectivity index (χ2v) is 10.6. The average molecular weight is 563 g/mol. The van der Waals surface area contributed by atoms with E-state index in [0.717, 1.165) is 36.0 Å². The van der Waals surface area contributed by atoms with Crippen molar-refractivity contribution in [3.8, 4) is 28.2 Å². The van der Waals surface area contributed by atoms with Gasteiger partial charge >= 0.3 is 0 Å². The molecule has 1 saturated carbocycles. The van der Waals surface area contributed by atoms with Crippen LogP contribution in [-0.2, 0) is 5.54 Å². The maximum absolute atomic E-state index is 13.6. The van der Waals surface area contributed by atoms with Gasteiger partial charge in [0.25, 0.3) is 11.8 Å². The number of fused-ring (bicyclic) bond motifs is 1. The molecular weight excluding hydrogens is 531 g/mol. The van der Waals surface area contributed by atoms with Crippen molar-refractivity contribution < 1.29 is 23.1 Å². The quantitative estimate of drug-likeness (QED) is 0.195. The Balaban J connectivity index is 1.42. The molecule has 0 unspecified atom stereocenters. The van der Waals surface area contributed by atoms with E-state index >= 15 is 0 Å². The lowest BCUT2D eigenvalue weighted by atomic mass is 9.97. The van der Waals surface area contributed by atoms with Gasteiger partial charge in [-0.2, -0.15) is 0 Å². The number of rotatable bonds is 9. The first kappa shape index (κ1) is 27.3. The van der Waals surface area contributed by atoms with E-state index in [2.05, 4.69) is 10.6 Å². The van der Waals surface area contributed by atoms with Gasteiger partial charge in [0.15, 0.2) is 0 Å². The third kappa shape index (κ3) is 5.14. The fourth-order valence-electron chi connectivity index (χ4n) is 5.31. The molecule has 1 fully saturated rings. The zero-order valence-corrected chi connectivity index (χ0v) is 23.5. The van der Waals surface area contributed by atoms with E-state index in [1.807, 2.05) is 61.5 Å². The number of halogens is 1. The van der Waals surface area contributed by atoms with Gasteiger partial charge in [0, 0.05) is 29.1 Å². The summed E-state index contributed by atoms with van der Waals surface area (Å²) in [5.41, 5.74) is 4.23. The maximum atomic E-state index is 13.6. The van der Waals surface area contributed by atoms with Crippen LogP contribution in [0.4, 0.5) is 4.39 Å². The van der Waals surface area contributed by atoms with E-state index in [-0.39, 0.29) is 23.2 Å². The highest BCUT2D eigenvalue weighted by Crippen LogP contribution is 2.46. The number of hydrogen-bond acceptors (Lipinski definition) is 4. The van der Waals surface area contributed by atoms with Gasteiger partial charge < -0.3 is 19.8 Å². The van der Waals surface area contributed by atoms with Crippen molar-refractivity contribution in [2.24, 2.45) is 0 Å². The topological polar surface area (TPSA) is 80.6 Å². The van der Waals surface area contributed by atoms with Crippen molar-refractivity contribution in [2.75, 3.05) is 13.7 Å². The number of furan rings is 1. The van der Waals surface area contributed by atoms with Gasteiger partial charge in [-0.3, -0.25) is 9.59 Å². The molecule has 0 spiro atoms. The Hall–Kier alpha value is -4.91. The zero-order valence-electron chi connectivity index (χ0n) is 23.5. The van der Waals surface area contributed by atoms with Gasteiger partial charge in [0.05, 0.1) is 17.7 Å². The number of carbonyl (C=O) groups is 2. The number of ether oxygens (including phenoxy) is 1. The fraction of sp³-hybridized carbons (Fsp3) is 0.200. The standard InChI is InChI=1S/C35H31FN2O4/c1-3-19-41-29-15-12-24(33(39)38-35(17-18-35)25-7-5-4-6-8-25)21-27(29)23-11-16-30-28(20-23)31(34(40)37-2)32(42-30)22-9-13-26(36)14-10-22/h4-16,20-21H,3,17-19H2,1-2H3,(H,37,40)(H,38,39). The average Bonchev–Trinajstić information content (AvgIpc) is 3.71. The summed E-state index contributed by atoms with van der Waals surface area (Å²) in [6, 6.07) is 26.9. The molecule has 0 radical (unpaired) electrons. The van der Waals surface area contributed by atoms with Crippen LogP contribution in [0.2, 0.25) is 0 Å². The fourth-order valence-corrected chi connectivity index (χ4v) is 5.31. The Morgan fingerprint density at radius 2 is 1.64 bits per heavy atom. The molecule has 0 atom stereocenters. The van der Waals surface area contributed by atoms with Crippen molar-refractivity contribution in [3.63, 3.8) is 0 Å². The molecule has 0 saturated heterocycles. The molecule has 0 bridgehead atoms. The predicted molar refractivity (Wildman–Crippen MR) is 161 cm³/mol. The molecule has 0 aliphatic heterocycles. The third-order valence-corrected chi connectivity index (χ3v) is 7.69. The molecule has 212 valence electrons. The van der Waals surface area contributed by atoms with Crippen LogP contribution in [0.15, 0.2) is 95.4 Å². The minimum absolute atomic E-state index is 0.159. The van der Waals surface area contributed by atoms with Gasteiger partial charge in [-0.15, -0.1) is 0 Å². The van der Waals surface area contributed by atoms with Crippen LogP contribution in [0.1, 0.15) is 52.5 Å². The van der Waals surface area contributed by atoms with Crippen LogP contribution in [0, 0.1) is 5.82 Å². The monoisotopic (exact) mass is 562 g/mol. The number of nitrogens with one attached hydrogen (secondary N) is 2. The van der Waals surface area contributed by atoms with Gasteiger partial charge in [0.1, 0.15) is 22.9 Å². The SMILES string of the molecule is CCCOc1ccc(C(=O)NC2(c3ccccc3)CC2)cc1-c1ccc2oc(-c3ccc(F)cc3)c(C(=O)NC)c2c1. The molecule has 6 rings (SSSR count). The summed E-state index contributed by atoms with van der Waals surface area (Å²) in [5.74, 6) is 0.136. The van der Waals surface area contributed by atoms with Crippen molar-refractivity contribution >= 4 is 22.8 Å². The first-order valence-corrected chi connectivity index (χ1v) is 14.1. The van der Waals surface area contributed by atoms with E-state index in [1.165, 1.54) is 12.1 Å². The van der Waals surface area contributed by atoms with E-state index in [4.69, 9.17) is 9.15 Å². The van der Waals surface area contributed by atoms with E-state index < -0.39 is 0 Å². The molecule has 1 aliphatic carbocycles. The Morgan fingerprint density at radius 1 is 0.905 bits per heavy atom. The lowest BCUT2D eigenvalue weighted by Gasteiger charge is -2.19. The molecule has 5 aromatic rings. The normalized spacial score (nSPS) is 13.5. The van der Waals surface area contributed by atoms with Gasteiger partial charge in [-0.25, -0.2) is 4.39 Å². The summed E-state index contributed by atoms with van der Waals surface area (Å²) >= 11 is 0. The minimum Gasteiger partial charge on any atom is -0.493 e. The largest absolute Gasteiger partial charge is 0.493 e. The van der Waals surface area contributed by atoms with Gasteiger partial charge in [0.2, 0.25) is 0 Å². The molecular formula is C35H31FN2O4. The third-order valence-electron chi connectivity index (χ3n) is 7.69. The molecule has 42 heavy (non-hydrogen) atoms. The summed E-state index contributed by atoms with van der Waals surface area (Å²) in [5, 5.41) is 6.55. The van der Waals surface area contributed by atoms with Crippen molar-refractivity contribution in [1.82, 2.24) is 10.6 Å². The number of amides is 2. The summed E-state index contributed by atoms with van der Waals surface area (Å²) in [7, 11) is 1.56. The van der Waals surface area contributed by atoms with Crippen LogP contribution in [0.25, 0.3) is 33.4 Å². The molecule has 6 nitrogen and oxygen atoms in total. The number of carbonyl (C=O) groups excluding carboxylic acids is 2. The van der Waals surface area contributed by atoms with Crippen molar-refractivity contribution in [1.29, 1.82) is 0 Å². The number of benzene rings is 4. The molecule has 1 heterocycles. The first-order chi connectivity index (χ1) is 20.4. The second kappa shape index (κ2) is 11.2. The van der Waals surface area contributed by atoms with Gasteiger partial charge in [-0.05, 0) is 85.0 Å². The number of hydrogen-bond donors (Lipinski definition) is 2. The van der Waals surface area contributed by atoms with Crippen molar-refractivity contribution in [3.05, 3.63) is 114 Å². The maximum Gasteiger partial charge on any atom is 0.255 e. The smallest absolute Gasteiger partial charge is 0.255 e. The highest BCUT2D eigenvalue weighted by atomic mass is 19.1. The van der Waals surface area contributed by atoms with Gasteiger partial charge in [-0.1, -0.05) is 43.3 Å². The molecule has 2 N–H and O–H groups in total. The molecule has 2 amide bonds. The van der Waals surface area contributed by atoms with Crippen LogP contribution < -0.4 is 15.4 Å². The lowest BCUT2D eigenvalue weighted by Crippen LogP contribution is -2.34.